The maximum atomic E-state index is 5.73. The third-order valence-electron chi connectivity index (χ3n) is 2.65. The van der Waals surface area contributed by atoms with Crippen LogP contribution in [0.15, 0.2) is 18.6 Å². The van der Waals surface area contributed by atoms with Gasteiger partial charge in [0, 0.05) is 17.0 Å². The third kappa shape index (κ3) is 1.88. The average molecular weight is 260 g/mol. The van der Waals surface area contributed by atoms with Crippen molar-refractivity contribution in [1.29, 1.82) is 0 Å². The van der Waals surface area contributed by atoms with E-state index in [1.807, 2.05) is 0 Å². The van der Waals surface area contributed by atoms with Crippen molar-refractivity contribution in [3.8, 4) is 0 Å². The zero-order valence-electron chi connectivity index (χ0n) is 9.77. The first-order chi connectivity index (χ1) is 8.74. The number of thiophene rings is 1. The summed E-state index contributed by atoms with van der Waals surface area (Å²) in [6, 6.07) is 2.08. The van der Waals surface area contributed by atoms with Gasteiger partial charge in [0.2, 0.25) is 0 Å². The summed E-state index contributed by atoms with van der Waals surface area (Å²) in [6.45, 7) is 2.65. The standard InChI is InChI=1S/C11H12N6S/c1-6-2-8-10(14-5-15-11(8)18-6)13-3-7-4-16-17-9(7)12/h2,4-5H,3H2,1H3,(H3,12,16,17)(H,13,14,15). The van der Waals surface area contributed by atoms with Crippen LogP contribution in [0.5, 0.6) is 0 Å². The lowest BCUT2D eigenvalue weighted by Crippen LogP contribution is -2.03. The van der Waals surface area contributed by atoms with E-state index in [0.717, 1.165) is 21.6 Å². The van der Waals surface area contributed by atoms with Crippen LogP contribution in [0.4, 0.5) is 11.6 Å². The summed E-state index contributed by atoms with van der Waals surface area (Å²) in [5.41, 5.74) is 6.66. The molecule has 0 saturated carbocycles. The van der Waals surface area contributed by atoms with E-state index < -0.39 is 0 Å². The van der Waals surface area contributed by atoms with E-state index in [1.165, 1.54) is 4.88 Å². The van der Waals surface area contributed by atoms with Crippen LogP contribution in [-0.4, -0.2) is 20.2 Å². The quantitative estimate of drug-likeness (QED) is 0.669. The van der Waals surface area contributed by atoms with E-state index >= 15 is 0 Å². The molecule has 3 aromatic rings. The summed E-state index contributed by atoms with van der Waals surface area (Å²) < 4.78 is 0. The van der Waals surface area contributed by atoms with Crippen LogP contribution in [0.3, 0.4) is 0 Å². The molecule has 3 heterocycles. The number of aryl methyl sites for hydroxylation is 1. The molecular formula is C11H12N6S. The van der Waals surface area contributed by atoms with E-state index in [-0.39, 0.29) is 0 Å². The second kappa shape index (κ2) is 4.26. The van der Waals surface area contributed by atoms with Crippen LogP contribution in [-0.2, 0) is 6.54 Å². The Labute approximate surface area is 107 Å². The highest BCUT2D eigenvalue weighted by molar-refractivity contribution is 7.18. The van der Waals surface area contributed by atoms with E-state index in [2.05, 4.69) is 38.5 Å². The minimum Gasteiger partial charge on any atom is -0.384 e. The van der Waals surface area contributed by atoms with Gasteiger partial charge in [-0.05, 0) is 13.0 Å². The van der Waals surface area contributed by atoms with Crippen LogP contribution in [0.25, 0.3) is 10.2 Å². The zero-order valence-corrected chi connectivity index (χ0v) is 10.6. The molecule has 7 heteroatoms. The van der Waals surface area contributed by atoms with Crippen LogP contribution in [0.1, 0.15) is 10.4 Å². The topological polar surface area (TPSA) is 92.5 Å². The molecule has 0 atom stereocenters. The Kier molecular flexibility index (Phi) is 2.60. The van der Waals surface area contributed by atoms with Crippen molar-refractivity contribution in [2.24, 2.45) is 0 Å². The molecule has 0 bridgehead atoms. The van der Waals surface area contributed by atoms with Gasteiger partial charge in [0.15, 0.2) is 0 Å². The van der Waals surface area contributed by atoms with Gasteiger partial charge in [-0.25, -0.2) is 9.97 Å². The van der Waals surface area contributed by atoms with Crippen molar-refractivity contribution in [3.63, 3.8) is 0 Å². The van der Waals surface area contributed by atoms with Gasteiger partial charge in [-0.1, -0.05) is 0 Å². The summed E-state index contributed by atoms with van der Waals surface area (Å²) in [6.07, 6.45) is 3.28. The monoisotopic (exact) mass is 260 g/mol. The van der Waals surface area contributed by atoms with Gasteiger partial charge < -0.3 is 11.1 Å². The maximum Gasteiger partial charge on any atom is 0.138 e. The summed E-state index contributed by atoms with van der Waals surface area (Å²) >= 11 is 1.66. The zero-order chi connectivity index (χ0) is 12.5. The van der Waals surface area contributed by atoms with E-state index in [0.29, 0.717) is 12.4 Å². The average Bonchev–Trinajstić information content (AvgIpc) is 2.91. The lowest BCUT2D eigenvalue weighted by atomic mass is 10.3. The number of nitrogens with two attached hydrogens (primary N) is 1. The Morgan fingerprint density at radius 1 is 1.44 bits per heavy atom. The number of anilines is 2. The second-order valence-electron chi connectivity index (χ2n) is 3.96. The van der Waals surface area contributed by atoms with Crippen molar-refractivity contribution >= 4 is 33.2 Å². The van der Waals surface area contributed by atoms with E-state index in [1.54, 1.807) is 23.9 Å². The smallest absolute Gasteiger partial charge is 0.138 e. The highest BCUT2D eigenvalue weighted by Gasteiger charge is 2.07. The van der Waals surface area contributed by atoms with E-state index in [4.69, 9.17) is 5.73 Å². The molecule has 0 amide bonds. The maximum absolute atomic E-state index is 5.73. The van der Waals surface area contributed by atoms with Crippen molar-refractivity contribution in [2.75, 3.05) is 11.1 Å². The molecule has 6 nitrogen and oxygen atoms in total. The summed E-state index contributed by atoms with van der Waals surface area (Å²) in [4.78, 5) is 10.7. The molecule has 0 unspecified atom stereocenters. The van der Waals surface area contributed by atoms with Crippen molar-refractivity contribution in [1.82, 2.24) is 20.2 Å². The van der Waals surface area contributed by atoms with Crippen LogP contribution < -0.4 is 11.1 Å². The lowest BCUT2D eigenvalue weighted by molar-refractivity contribution is 1.10. The number of hydrogen-bond acceptors (Lipinski definition) is 6. The fourth-order valence-corrected chi connectivity index (χ4v) is 2.60. The van der Waals surface area contributed by atoms with Gasteiger partial charge in [-0.15, -0.1) is 11.3 Å². The van der Waals surface area contributed by atoms with Gasteiger partial charge in [-0.3, -0.25) is 5.10 Å². The number of aromatic nitrogens is 4. The number of hydrogen-bond donors (Lipinski definition) is 3. The summed E-state index contributed by atoms with van der Waals surface area (Å²) in [5.74, 6) is 1.40. The Balaban J connectivity index is 1.88. The molecule has 0 aliphatic rings. The van der Waals surface area contributed by atoms with Crippen LogP contribution >= 0.6 is 11.3 Å². The molecular weight excluding hydrogens is 248 g/mol. The number of aromatic amines is 1. The number of rotatable bonds is 3. The second-order valence-corrected chi connectivity index (χ2v) is 5.20. The number of nitrogens with zero attached hydrogens (tertiary/aromatic N) is 3. The number of nitrogen functional groups attached to an aromatic ring is 1. The lowest BCUT2D eigenvalue weighted by Gasteiger charge is -2.05. The Morgan fingerprint density at radius 2 is 2.33 bits per heavy atom. The highest BCUT2D eigenvalue weighted by atomic mass is 32.1. The normalized spacial score (nSPS) is 10.9. The van der Waals surface area contributed by atoms with Gasteiger partial charge in [-0.2, -0.15) is 5.10 Å². The molecule has 3 rings (SSSR count). The molecule has 0 radical (unpaired) electrons. The number of fused-ring (bicyclic) bond motifs is 1. The Bertz CT molecular complexity index is 686. The molecule has 0 saturated heterocycles. The molecule has 0 aliphatic heterocycles. The molecule has 3 aromatic heterocycles. The van der Waals surface area contributed by atoms with Gasteiger partial charge >= 0.3 is 0 Å². The van der Waals surface area contributed by atoms with Gasteiger partial charge in [0.1, 0.15) is 22.8 Å². The fraction of sp³-hybridized carbons (Fsp3) is 0.182. The summed E-state index contributed by atoms with van der Waals surface area (Å²) in [5, 5.41) is 10.9. The van der Waals surface area contributed by atoms with Crippen molar-refractivity contribution < 1.29 is 0 Å². The van der Waals surface area contributed by atoms with Crippen LogP contribution in [0.2, 0.25) is 0 Å². The number of nitrogens with one attached hydrogen (secondary N) is 2. The SMILES string of the molecule is Cc1cc2c(NCc3cn[nH]c3N)ncnc2s1. The van der Waals surface area contributed by atoms with E-state index in [9.17, 15) is 0 Å². The first kappa shape index (κ1) is 11.0. The minimum absolute atomic E-state index is 0.578. The molecule has 92 valence electrons. The molecule has 0 aromatic carbocycles. The van der Waals surface area contributed by atoms with Crippen molar-refractivity contribution in [2.45, 2.75) is 13.5 Å². The Morgan fingerprint density at radius 3 is 3.11 bits per heavy atom. The first-order valence-corrected chi connectivity index (χ1v) is 6.28. The molecule has 0 aliphatic carbocycles. The van der Waals surface area contributed by atoms with Crippen molar-refractivity contribution in [3.05, 3.63) is 29.0 Å². The molecule has 4 N–H and O–H groups in total. The Hall–Kier alpha value is -2.15. The predicted molar refractivity (Wildman–Crippen MR) is 72.5 cm³/mol. The largest absolute Gasteiger partial charge is 0.384 e. The third-order valence-corrected chi connectivity index (χ3v) is 3.61. The minimum atomic E-state index is 0.578. The summed E-state index contributed by atoms with van der Waals surface area (Å²) in [7, 11) is 0. The molecule has 0 spiro atoms. The first-order valence-electron chi connectivity index (χ1n) is 5.47. The van der Waals surface area contributed by atoms with Gasteiger partial charge in [0.05, 0.1) is 11.6 Å². The number of H-pyrrole nitrogens is 1. The fourth-order valence-electron chi connectivity index (χ4n) is 1.76. The van der Waals surface area contributed by atoms with Crippen LogP contribution in [0, 0.1) is 6.92 Å². The molecule has 0 fully saturated rings. The highest BCUT2D eigenvalue weighted by Crippen LogP contribution is 2.27. The molecule has 18 heavy (non-hydrogen) atoms. The predicted octanol–water partition coefficient (Wildman–Crippen LogP) is 1.92. The van der Waals surface area contributed by atoms with Gasteiger partial charge in [0.25, 0.3) is 0 Å².